The second kappa shape index (κ2) is 9.07. The van der Waals surface area contributed by atoms with Crippen molar-refractivity contribution in [1.29, 1.82) is 5.26 Å². The molecular formula is C21H23N3O4S. The number of amides is 1. The Morgan fingerprint density at radius 3 is 2.28 bits per heavy atom. The zero-order valence-corrected chi connectivity index (χ0v) is 17.0. The molecule has 0 bridgehead atoms. The van der Waals surface area contributed by atoms with E-state index in [-0.39, 0.29) is 10.8 Å². The smallest absolute Gasteiger partial charge is 0.265 e. The number of anilines is 1. The Bertz CT molecular complexity index is 990. The third kappa shape index (κ3) is 5.13. The van der Waals surface area contributed by atoms with E-state index in [0.717, 1.165) is 19.3 Å². The van der Waals surface area contributed by atoms with Crippen molar-refractivity contribution in [1.82, 2.24) is 4.31 Å². The number of piperidine rings is 1. The molecule has 1 heterocycles. The predicted octanol–water partition coefficient (Wildman–Crippen LogP) is 3.14. The van der Waals surface area contributed by atoms with Crippen LogP contribution in [0.5, 0.6) is 5.75 Å². The number of hydrogen-bond acceptors (Lipinski definition) is 5. The van der Waals surface area contributed by atoms with Gasteiger partial charge in [0.2, 0.25) is 10.0 Å². The lowest BCUT2D eigenvalue weighted by molar-refractivity contribution is -0.122. The van der Waals surface area contributed by atoms with Crippen LogP contribution >= 0.6 is 0 Å². The zero-order chi connectivity index (χ0) is 20.9. The highest BCUT2D eigenvalue weighted by Gasteiger charge is 2.25. The van der Waals surface area contributed by atoms with Crippen LogP contribution in [0.1, 0.15) is 31.7 Å². The predicted molar refractivity (Wildman–Crippen MR) is 109 cm³/mol. The van der Waals surface area contributed by atoms with Crippen LogP contribution in [0.4, 0.5) is 5.69 Å². The number of ether oxygens (including phenoxy) is 1. The summed E-state index contributed by atoms with van der Waals surface area (Å²) in [5.41, 5.74) is 0.997. The molecule has 29 heavy (non-hydrogen) atoms. The summed E-state index contributed by atoms with van der Waals surface area (Å²) in [4.78, 5) is 12.6. The molecule has 8 heteroatoms. The van der Waals surface area contributed by atoms with Gasteiger partial charge in [-0.1, -0.05) is 6.42 Å². The van der Waals surface area contributed by atoms with E-state index in [1.165, 1.54) is 16.4 Å². The van der Waals surface area contributed by atoms with Crippen molar-refractivity contribution in [2.75, 3.05) is 18.4 Å². The normalized spacial score (nSPS) is 15.9. The highest BCUT2D eigenvalue weighted by molar-refractivity contribution is 7.89. The van der Waals surface area contributed by atoms with Crippen LogP contribution in [-0.4, -0.2) is 37.8 Å². The van der Waals surface area contributed by atoms with Gasteiger partial charge in [-0.2, -0.15) is 9.57 Å². The molecular weight excluding hydrogens is 390 g/mol. The second-order valence-corrected chi connectivity index (χ2v) is 8.81. The quantitative estimate of drug-likeness (QED) is 0.784. The van der Waals surface area contributed by atoms with E-state index in [0.29, 0.717) is 30.1 Å². The molecule has 1 saturated heterocycles. The van der Waals surface area contributed by atoms with Crippen molar-refractivity contribution in [3.05, 3.63) is 54.1 Å². The fourth-order valence-electron chi connectivity index (χ4n) is 3.07. The number of carbonyl (C=O) groups is 1. The SMILES string of the molecule is C[C@H](Oc1ccc(C#N)cc1)C(=O)Nc1ccc(S(=O)(=O)N2CCCCC2)cc1. The number of benzene rings is 2. The summed E-state index contributed by atoms with van der Waals surface area (Å²) < 4.78 is 32.4. The van der Waals surface area contributed by atoms with E-state index in [1.54, 1.807) is 43.3 Å². The molecule has 0 aromatic heterocycles. The lowest BCUT2D eigenvalue weighted by Gasteiger charge is -2.25. The molecule has 1 aliphatic rings. The summed E-state index contributed by atoms with van der Waals surface area (Å²) in [6.07, 6.45) is 2.05. The van der Waals surface area contributed by atoms with Gasteiger partial charge in [0, 0.05) is 18.8 Å². The number of carbonyl (C=O) groups excluding carboxylic acids is 1. The minimum atomic E-state index is -3.50. The number of nitriles is 1. The molecule has 3 rings (SSSR count). The van der Waals surface area contributed by atoms with Gasteiger partial charge in [-0.3, -0.25) is 4.79 Å². The fraction of sp³-hybridized carbons (Fsp3) is 0.333. The van der Waals surface area contributed by atoms with Crippen molar-refractivity contribution >= 4 is 21.6 Å². The van der Waals surface area contributed by atoms with Crippen molar-refractivity contribution in [2.45, 2.75) is 37.2 Å². The molecule has 1 amide bonds. The van der Waals surface area contributed by atoms with E-state index >= 15 is 0 Å². The molecule has 0 radical (unpaired) electrons. The maximum absolute atomic E-state index is 12.7. The van der Waals surface area contributed by atoms with Gasteiger partial charge >= 0.3 is 0 Å². The average Bonchev–Trinajstić information content (AvgIpc) is 2.75. The number of nitrogens with zero attached hydrogens (tertiary/aromatic N) is 2. The Morgan fingerprint density at radius 2 is 1.69 bits per heavy atom. The minimum absolute atomic E-state index is 0.222. The molecule has 1 N–H and O–H groups in total. The molecule has 0 unspecified atom stereocenters. The summed E-state index contributed by atoms with van der Waals surface area (Å²) in [6, 6.07) is 14.7. The Morgan fingerprint density at radius 1 is 1.07 bits per heavy atom. The Kier molecular flexibility index (Phi) is 6.52. The third-order valence-electron chi connectivity index (χ3n) is 4.74. The van der Waals surface area contributed by atoms with Crippen LogP contribution in [0, 0.1) is 11.3 Å². The molecule has 2 aromatic rings. The molecule has 0 aliphatic carbocycles. The van der Waals surface area contributed by atoms with Gasteiger partial charge < -0.3 is 10.1 Å². The molecule has 152 valence electrons. The lowest BCUT2D eigenvalue weighted by Crippen LogP contribution is -2.35. The highest BCUT2D eigenvalue weighted by atomic mass is 32.2. The van der Waals surface area contributed by atoms with Gasteiger partial charge in [-0.15, -0.1) is 0 Å². The topological polar surface area (TPSA) is 99.5 Å². The van der Waals surface area contributed by atoms with Gasteiger partial charge in [0.25, 0.3) is 5.91 Å². The van der Waals surface area contributed by atoms with Gasteiger partial charge in [0.15, 0.2) is 6.10 Å². The maximum atomic E-state index is 12.7. The Labute approximate surface area is 171 Å². The summed E-state index contributed by atoms with van der Waals surface area (Å²) in [5, 5.41) is 11.5. The molecule has 7 nitrogen and oxygen atoms in total. The molecule has 0 saturated carbocycles. The summed E-state index contributed by atoms with van der Waals surface area (Å²) in [5.74, 6) is 0.121. The lowest BCUT2D eigenvalue weighted by atomic mass is 10.2. The van der Waals surface area contributed by atoms with Crippen LogP contribution < -0.4 is 10.1 Å². The maximum Gasteiger partial charge on any atom is 0.265 e. The first kappa shape index (κ1) is 20.8. The summed E-state index contributed by atoms with van der Waals surface area (Å²) in [6.45, 7) is 2.71. The van der Waals surface area contributed by atoms with E-state index in [2.05, 4.69) is 5.32 Å². The van der Waals surface area contributed by atoms with Crippen LogP contribution in [0.25, 0.3) is 0 Å². The van der Waals surface area contributed by atoms with Gasteiger partial charge in [-0.25, -0.2) is 8.42 Å². The minimum Gasteiger partial charge on any atom is -0.481 e. The van der Waals surface area contributed by atoms with Gasteiger partial charge in [0.1, 0.15) is 5.75 Å². The number of nitrogens with one attached hydrogen (secondary N) is 1. The van der Waals surface area contributed by atoms with Crippen LogP contribution in [0.15, 0.2) is 53.4 Å². The Balaban J connectivity index is 1.61. The monoisotopic (exact) mass is 413 g/mol. The van der Waals surface area contributed by atoms with E-state index in [1.807, 2.05) is 6.07 Å². The fourth-order valence-corrected chi connectivity index (χ4v) is 4.59. The first-order valence-electron chi connectivity index (χ1n) is 9.48. The van der Waals surface area contributed by atoms with E-state index in [9.17, 15) is 13.2 Å². The Hall–Kier alpha value is -2.89. The van der Waals surface area contributed by atoms with Crippen LogP contribution in [0.2, 0.25) is 0 Å². The number of hydrogen-bond donors (Lipinski definition) is 1. The van der Waals surface area contributed by atoms with Gasteiger partial charge in [0.05, 0.1) is 16.5 Å². The molecule has 1 atom stereocenters. The largest absolute Gasteiger partial charge is 0.481 e. The summed E-state index contributed by atoms with van der Waals surface area (Å²) in [7, 11) is -3.50. The van der Waals surface area contributed by atoms with E-state index < -0.39 is 16.1 Å². The average molecular weight is 413 g/mol. The molecule has 1 fully saturated rings. The van der Waals surface area contributed by atoms with Crippen molar-refractivity contribution in [2.24, 2.45) is 0 Å². The van der Waals surface area contributed by atoms with Crippen molar-refractivity contribution in [3.8, 4) is 11.8 Å². The third-order valence-corrected chi connectivity index (χ3v) is 6.65. The standard InChI is InChI=1S/C21H23N3O4S/c1-16(28-19-9-5-17(15-22)6-10-19)21(25)23-18-7-11-20(12-8-18)29(26,27)24-13-3-2-4-14-24/h5-12,16H,2-4,13-14H2,1H3,(H,23,25)/t16-/m0/s1. The summed E-state index contributed by atoms with van der Waals surface area (Å²) >= 11 is 0. The van der Waals surface area contributed by atoms with Crippen LogP contribution in [-0.2, 0) is 14.8 Å². The van der Waals surface area contributed by atoms with Gasteiger partial charge in [-0.05, 0) is 68.3 Å². The number of sulfonamides is 1. The highest BCUT2D eigenvalue weighted by Crippen LogP contribution is 2.22. The first-order chi connectivity index (χ1) is 13.9. The molecule has 2 aromatic carbocycles. The van der Waals surface area contributed by atoms with Crippen molar-refractivity contribution < 1.29 is 17.9 Å². The van der Waals surface area contributed by atoms with Crippen molar-refractivity contribution in [3.63, 3.8) is 0 Å². The molecule has 1 aliphatic heterocycles. The zero-order valence-electron chi connectivity index (χ0n) is 16.2. The van der Waals surface area contributed by atoms with Crippen LogP contribution in [0.3, 0.4) is 0 Å². The number of rotatable bonds is 6. The second-order valence-electron chi connectivity index (χ2n) is 6.87. The molecule has 0 spiro atoms. The van der Waals surface area contributed by atoms with E-state index in [4.69, 9.17) is 10.00 Å². The first-order valence-corrected chi connectivity index (χ1v) is 10.9.